The number of alkyl halides is 1. The van der Waals surface area contributed by atoms with Crippen LogP contribution in [0.15, 0.2) is 18.2 Å². The van der Waals surface area contributed by atoms with Crippen LogP contribution in [-0.2, 0) is 5.88 Å². The normalized spacial score (nSPS) is 15.9. The number of rotatable bonds is 3. The van der Waals surface area contributed by atoms with E-state index in [-0.39, 0.29) is 16.5 Å². The molecule has 1 aromatic carbocycles. The summed E-state index contributed by atoms with van der Waals surface area (Å²) in [5.41, 5.74) is 1.76. The molecule has 0 N–H and O–H groups in total. The van der Waals surface area contributed by atoms with Crippen LogP contribution >= 0.6 is 11.6 Å². The molecule has 1 fully saturated rings. The van der Waals surface area contributed by atoms with Gasteiger partial charge in [-0.15, -0.1) is 11.6 Å². The smallest absolute Gasteiger partial charge is 0.273 e. The molecule has 0 amide bonds. The number of benzene rings is 1. The van der Waals surface area contributed by atoms with Crippen molar-refractivity contribution in [1.82, 2.24) is 0 Å². The van der Waals surface area contributed by atoms with Crippen LogP contribution in [0.1, 0.15) is 24.8 Å². The second-order valence-corrected chi connectivity index (χ2v) is 4.52. The van der Waals surface area contributed by atoms with Gasteiger partial charge in [0.05, 0.1) is 10.8 Å². The maximum atomic E-state index is 10.8. The summed E-state index contributed by atoms with van der Waals surface area (Å²) in [6.45, 7) is 2.05. The lowest BCUT2D eigenvalue weighted by Crippen LogP contribution is -2.29. The summed E-state index contributed by atoms with van der Waals surface area (Å²) < 4.78 is 0. The van der Waals surface area contributed by atoms with Crippen molar-refractivity contribution < 1.29 is 4.92 Å². The Morgan fingerprint density at radius 2 is 2.00 bits per heavy atom. The fraction of sp³-hybridized carbons (Fsp3) is 0.500. The van der Waals surface area contributed by atoms with E-state index in [1.165, 1.54) is 19.3 Å². The van der Waals surface area contributed by atoms with Gasteiger partial charge in [0.1, 0.15) is 0 Å². The first kappa shape index (κ1) is 12.2. The molecule has 2 rings (SSSR count). The molecule has 5 heteroatoms. The van der Waals surface area contributed by atoms with E-state index in [0.717, 1.165) is 18.8 Å². The average Bonchev–Trinajstić information content (AvgIpc) is 2.39. The molecule has 1 heterocycles. The lowest BCUT2D eigenvalue weighted by molar-refractivity contribution is -0.385. The summed E-state index contributed by atoms with van der Waals surface area (Å²) in [6, 6.07) is 5.22. The van der Waals surface area contributed by atoms with Crippen LogP contribution in [0.3, 0.4) is 0 Å². The van der Waals surface area contributed by atoms with Crippen molar-refractivity contribution in [3.8, 4) is 0 Å². The summed E-state index contributed by atoms with van der Waals surface area (Å²) in [7, 11) is 0. The Morgan fingerprint density at radius 1 is 1.29 bits per heavy atom. The monoisotopic (exact) mass is 254 g/mol. The van der Waals surface area contributed by atoms with E-state index < -0.39 is 0 Å². The average molecular weight is 255 g/mol. The minimum atomic E-state index is -0.377. The molecule has 0 aliphatic carbocycles. The fourth-order valence-electron chi connectivity index (χ4n) is 2.21. The van der Waals surface area contributed by atoms with Crippen molar-refractivity contribution >= 4 is 23.0 Å². The number of nitro benzene ring substituents is 1. The van der Waals surface area contributed by atoms with Crippen LogP contribution in [0, 0.1) is 10.1 Å². The Kier molecular flexibility index (Phi) is 3.84. The van der Waals surface area contributed by atoms with Crippen molar-refractivity contribution in [2.24, 2.45) is 0 Å². The van der Waals surface area contributed by atoms with Gasteiger partial charge in [0.25, 0.3) is 5.69 Å². The summed E-state index contributed by atoms with van der Waals surface area (Å²) in [5, 5.41) is 10.8. The molecule has 1 aromatic rings. The van der Waals surface area contributed by atoms with Gasteiger partial charge >= 0.3 is 0 Å². The molecule has 0 saturated carbocycles. The van der Waals surface area contributed by atoms with Crippen LogP contribution < -0.4 is 4.90 Å². The van der Waals surface area contributed by atoms with Crippen molar-refractivity contribution in [1.29, 1.82) is 0 Å². The molecule has 4 nitrogen and oxygen atoms in total. The number of nitro groups is 1. The number of anilines is 1. The highest BCUT2D eigenvalue weighted by Gasteiger charge is 2.17. The summed E-state index contributed by atoms with van der Waals surface area (Å²) in [5.74, 6) is 0.179. The van der Waals surface area contributed by atoms with Crippen molar-refractivity contribution in [3.63, 3.8) is 0 Å². The number of halogens is 1. The van der Waals surface area contributed by atoms with Crippen LogP contribution in [0.5, 0.6) is 0 Å². The van der Waals surface area contributed by atoms with E-state index in [4.69, 9.17) is 11.6 Å². The molecule has 1 saturated heterocycles. The Bertz CT molecular complexity index is 417. The second-order valence-electron chi connectivity index (χ2n) is 4.25. The Hall–Kier alpha value is -1.29. The highest BCUT2D eigenvalue weighted by molar-refractivity contribution is 6.17. The molecule has 0 aromatic heterocycles. The van der Waals surface area contributed by atoms with Crippen LogP contribution in [0.25, 0.3) is 0 Å². The van der Waals surface area contributed by atoms with Gasteiger partial charge in [0.15, 0.2) is 0 Å². The zero-order valence-electron chi connectivity index (χ0n) is 9.56. The van der Waals surface area contributed by atoms with Crippen LogP contribution in [0.2, 0.25) is 0 Å². The lowest BCUT2D eigenvalue weighted by Gasteiger charge is -2.29. The molecular weight excluding hydrogens is 240 g/mol. The first-order valence-electron chi connectivity index (χ1n) is 5.80. The van der Waals surface area contributed by atoms with Gasteiger partial charge in [-0.3, -0.25) is 10.1 Å². The molecule has 1 aliphatic rings. The lowest BCUT2D eigenvalue weighted by atomic mass is 10.1. The van der Waals surface area contributed by atoms with Gasteiger partial charge in [-0.05, 0) is 31.4 Å². The van der Waals surface area contributed by atoms with Crippen LogP contribution in [-0.4, -0.2) is 18.0 Å². The maximum Gasteiger partial charge on any atom is 0.273 e. The standard InChI is InChI=1S/C12H15ClN2O2/c13-9-10-8-11(4-5-12(10)15(16)17)14-6-2-1-3-7-14/h4-5,8H,1-3,6-7,9H2. The largest absolute Gasteiger partial charge is 0.372 e. The molecular formula is C12H15ClN2O2. The zero-order chi connectivity index (χ0) is 12.3. The highest BCUT2D eigenvalue weighted by Crippen LogP contribution is 2.27. The fourth-order valence-corrected chi connectivity index (χ4v) is 2.42. The third kappa shape index (κ3) is 2.69. The first-order valence-corrected chi connectivity index (χ1v) is 6.34. The predicted octanol–water partition coefficient (Wildman–Crippen LogP) is 3.32. The van der Waals surface area contributed by atoms with Crippen LogP contribution in [0.4, 0.5) is 11.4 Å². The Labute approximate surface area is 105 Å². The van der Waals surface area contributed by atoms with Gasteiger partial charge in [0, 0.05) is 30.4 Å². The Morgan fingerprint density at radius 3 is 2.59 bits per heavy atom. The third-order valence-electron chi connectivity index (χ3n) is 3.12. The number of nitrogens with zero attached hydrogens (tertiary/aromatic N) is 2. The summed E-state index contributed by atoms with van der Waals surface area (Å²) >= 11 is 5.76. The van der Waals surface area contributed by atoms with Gasteiger partial charge in [-0.25, -0.2) is 0 Å². The van der Waals surface area contributed by atoms with E-state index in [2.05, 4.69) is 4.90 Å². The molecule has 1 aliphatic heterocycles. The molecule has 17 heavy (non-hydrogen) atoms. The Balaban J connectivity index is 2.27. The zero-order valence-corrected chi connectivity index (χ0v) is 10.3. The van der Waals surface area contributed by atoms with E-state index >= 15 is 0 Å². The molecule has 0 unspecified atom stereocenters. The summed E-state index contributed by atoms with van der Waals surface area (Å²) in [4.78, 5) is 12.7. The van der Waals surface area contributed by atoms with E-state index in [1.54, 1.807) is 6.07 Å². The SMILES string of the molecule is O=[N+]([O-])c1ccc(N2CCCCC2)cc1CCl. The second kappa shape index (κ2) is 5.36. The molecule has 92 valence electrons. The maximum absolute atomic E-state index is 10.8. The van der Waals surface area contributed by atoms with E-state index in [0.29, 0.717) is 5.56 Å². The molecule has 0 spiro atoms. The van der Waals surface area contributed by atoms with E-state index in [1.807, 2.05) is 12.1 Å². The van der Waals surface area contributed by atoms with Gasteiger partial charge in [-0.1, -0.05) is 0 Å². The summed E-state index contributed by atoms with van der Waals surface area (Å²) in [6.07, 6.45) is 3.65. The molecule has 0 radical (unpaired) electrons. The van der Waals surface area contributed by atoms with Crippen molar-refractivity contribution in [3.05, 3.63) is 33.9 Å². The number of piperidine rings is 1. The van der Waals surface area contributed by atoms with Gasteiger partial charge in [-0.2, -0.15) is 0 Å². The first-order chi connectivity index (χ1) is 8.22. The highest BCUT2D eigenvalue weighted by atomic mass is 35.5. The molecule has 0 bridgehead atoms. The minimum Gasteiger partial charge on any atom is -0.372 e. The minimum absolute atomic E-state index is 0.112. The van der Waals surface area contributed by atoms with E-state index in [9.17, 15) is 10.1 Å². The molecule has 0 atom stereocenters. The topological polar surface area (TPSA) is 46.4 Å². The van der Waals surface area contributed by atoms with Gasteiger partial charge in [0.2, 0.25) is 0 Å². The van der Waals surface area contributed by atoms with Crippen molar-refractivity contribution in [2.75, 3.05) is 18.0 Å². The van der Waals surface area contributed by atoms with Crippen molar-refractivity contribution in [2.45, 2.75) is 25.1 Å². The third-order valence-corrected chi connectivity index (χ3v) is 3.41. The number of hydrogen-bond acceptors (Lipinski definition) is 3. The quantitative estimate of drug-likeness (QED) is 0.472. The van der Waals surface area contributed by atoms with Gasteiger partial charge < -0.3 is 4.90 Å². The number of hydrogen-bond donors (Lipinski definition) is 0. The predicted molar refractivity (Wildman–Crippen MR) is 68.7 cm³/mol.